The SMILES string of the molecule is N=C(c1ccccc1)[NH+]1CCOCC1.[F-]. The van der Waals surface area contributed by atoms with Crippen LogP contribution in [0.25, 0.3) is 0 Å². The van der Waals surface area contributed by atoms with E-state index < -0.39 is 0 Å². The maximum Gasteiger partial charge on any atom is 0.225 e. The molecule has 0 unspecified atom stereocenters. The lowest BCUT2D eigenvalue weighted by atomic mass is 10.2. The Labute approximate surface area is 88.5 Å². The molecule has 82 valence electrons. The summed E-state index contributed by atoms with van der Waals surface area (Å²) >= 11 is 0. The zero-order valence-corrected chi connectivity index (χ0v) is 8.50. The smallest absolute Gasteiger partial charge is 0.225 e. The first kappa shape index (κ1) is 11.8. The number of benzene rings is 1. The van der Waals surface area contributed by atoms with Crippen molar-refractivity contribution in [1.82, 2.24) is 0 Å². The molecule has 1 aliphatic rings. The number of halogens is 1. The Bertz CT molecular complexity index is 310. The van der Waals surface area contributed by atoms with Crippen LogP contribution in [0, 0.1) is 5.41 Å². The van der Waals surface area contributed by atoms with Gasteiger partial charge in [-0.05, 0) is 12.1 Å². The highest BCUT2D eigenvalue weighted by atomic mass is 19.0. The normalized spacial score (nSPS) is 16.8. The maximum absolute atomic E-state index is 8.03. The van der Waals surface area contributed by atoms with Gasteiger partial charge in [-0.3, -0.25) is 10.3 Å². The van der Waals surface area contributed by atoms with Crippen molar-refractivity contribution in [1.29, 1.82) is 5.41 Å². The van der Waals surface area contributed by atoms with Crippen molar-refractivity contribution in [3.05, 3.63) is 35.9 Å². The maximum atomic E-state index is 8.03. The number of morpholine rings is 1. The Morgan fingerprint density at radius 2 is 1.73 bits per heavy atom. The Morgan fingerprint density at radius 1 is 1.13 bits per heavy atom. The molecular formula is C11H15FN2O. The highest BCUT2D eigenvalue weighted by molar-refractivity contribution is 5.89. The summed E-state index contributed by atoms with van der Waals surface area (Å²) in [4.78, 5) is 1.22. The lowest BCUT2D eigenvalue weighted by molar-refractivity contribution is -0.816. The third-order valence-corrected chi connectivity index (χ3v) is 2.51. The van der Waals surface area contributed by atoms with Crippen molar-refractivity contribution in [3.63, 3.8) is 0 Å². The molecule has 0 aromatic heterocycles. The molecule has 0 amide bonds. The molecule has 1 heterocycles. The van der Waals surface area contributed by atoms with Gasteiger partial charge in [0.25, 0.3) is 0 Å². The van der Waals surface area contributed by atoms with Crippen molar-refractivity contribution in [3.8, 4) is 0 Å². The van der Waals surface area contributed by atoms with E-state index in [0.29, 0.717) is 5.84 Å². The predicted octanol–water partition coefficient (Wildman–Crippen LogP) is -3.07. The molecule has 0 bridgehead atoms. The van der Waals surface area contributed by atoms with Gasteiger partial charge in [0.1, 0.15) is 13.1 Å². The highest BCUT2D eigenvalue weighted by Gasteiger charge is 2.20. The second-order valence-corrected chi connectivity index (χ2v) is 3.46. The van der Waals surface area contributed by atoms with Crippen molar-refractivity contribution in [2.24, 2.45) is 0 Å². The average Bonchev–Trinajstić information content (AvgIpc) is 2.30. The molecule has 0 radical (unpaired) electrons. The van der Waals surface area contributed by atoms with Crippen LogP contribution >= 0.6 is 0 Å². The minimum absolute atomic E-state index is 0. The van der Waals surface area contributed by atoms with Crippen molar-refractivity contribution >= 4 is 5.84 Å². The van der Waals surface area contributed by atoms with E-state index in [1.807, 2.05) is 30.3 Å². The van der Waals surface area contributed by atoms with E-state index in [0.717, 1.165) is 31.9 Å². The van der Waals surface area contributed by atoms with Gasteiger partial charge in [-0.25, -0.2) is 0 Å². The minimum Gasteiger partial charge on any atom is -1.00 e. The Balaban J connectivity index is 0.00000112. The lowest BCUT2D eigenvalue weighted by Gasteiger charge is -2.23. The second-order valence-electron chi connectivity index (χ2n) is 3.46. The van der Waals surface area contributed by atoms with Gasteiger partial charge < -0.3 is 9.44 Å². The van der Waals surface area contributed by atoms with E-state index in [4.69, 9.17) is 10.1 Å². The molecule has 1 aliphatic heterocycles. The summed E-state index contributed by atoms with van der Waals surface area (Å²) in [5.74, 6) is 0.689. The van der Waals surface area contributed by atoms with Gasteiger partial charge in [0.05, 0.1) is 18.8 Å². The summed E-state index contributed by atoms with van der Waals surface area (Å²) in [7, 11) is 0. The second kappa shape index (κ2) is 5.58. The minimum atomic E-state index is 0. The fourth-order valence-corrected chi connectivity index (χ4v) is 1.68. The van der Waals surface area contributed by atoms with E-state index in [1.165, 1.54) is 4.90 Å². The van der Waals surface area contributed by atoms with E-state index in [2.05, 4.69) is 0 Å². The van der Waals surface area contributed by atoms with Gasteiger partial charge in [-0.1, -0.05) is 18.2 Å². The highest BCUT2D eigenvalue weighted by Crippen LogP contribution is 1.95. The monoisotopic (exact) mass is 210 g/mol. The lowest BCUT2D eigenvalue weighted by Crippen LogP contribution is -3.16. The summed E-state index contributed by atoms with van der Waals surface area (Å²) < 4.78 is 5.27. The van der Waals surface area contributed by atoms with Crippen LogP contribution in [0.1, 0.15) is 5.56 Å². The Kier molecular flexibility index (Phi) is 4.39. The summed E-state index contributed by atoms with van der Waals surface area (Å²) in [6, 6.07) is 9.91. The number of nitrogens with one attached hydrogen (secondary N) is 2. The van der Waals surface area contributed by atoms with Gasteiger partial charge in [0, 0.05) is 0 Å². The summed E-state index contributed by atoms with van der Waals surface area (Å²) in [5.41, 5.74) is 1.02. The van der Waals surface area contributed by atoms with Crippen molar-refractivity contribution < 1.29 is 14.3 Å². The quantitative estimate of drug-likeness (QED) is 0.375. The van der Waals surface area contributed by atoms with Gasteiger partial charge in [0.15, 0.2) is 0 Å². The van der Waals surface area contributed by atoms with Crippen LogP contribution in [0.4, 0.5) is 0 Å². The number of ether oxygens (including phenoxy) is 1. The Morgan fingerprint density at radius 3 is 2.33 bits per heavy atom. The molecule has 0 spiro atoms. The molecule has 0 saturated carbocycles. The zero-order chi connectivity index (χ0) is 9.80. The Hall–Kier alpha value is -1.26. The third-order valence-electron chi connectivity index (χ3n) is 2.51. The molecule has 4 heteroatoms. The number of amidine groups is 1. The van der Waals surface area contributed by atoms with Crippen LogP contribution in [0.15, 0.2) is 30.3 Å². The molecule has 2 rings (SSSR count). The predicted molar refractivity (Wildman–Crippen MR) is 54.8 cm³/mol. The zero-order valence-electron chi connectivity index (χ0n) is 8.50. The fourth-order valence-electron chi connectivity index (χ4n) is 1.68. The van der Waals surface area contributed by atoms with Crippen LogP contribution in [0.3, 0.4) is 0 Å². The average molecular weight is 210 g/mol. The number of quaternary nitrogens is 1. The molecule has 1 aromatic carbocycles. The van der Waals surface area contributed by atoms with Gasteiger partial charge >= 0.3 is 0 Å². The molecule has 0 aliphatic carbocycles. The molecule has 1 fully saturated rings. The van der Waals surface area contributed by atoms with E-state index in [9.17, 15) is 0 Å². The van der Waals surface area contributed by atoms with E-state index in [1.54, 1.807) is 0 Å². The largest absolute Gasteiger partial charge is 1.00 e. The van der Waals surface area contributed by atoms with Crippen LogP contribution in [-0.2, 0) is 4.74 Å². The van der Waals surface area contributed by atoms with Gasteiger partial charge in [-0.15, -0.1) is 0 Å². The summed E-state index contributed by atoms with van der Waals surface area (Å²) in [6.07, 6.45) is 0. The summed E-state index contributed by atoms with van der Waals surface area (Å²) in [5, 5.41) is 8.03. The van der Waals surface area contributed by atoms with Crippen LogP contribution in [0.5, 0.6) is 0 Å². The third kappa shape index (κ3) is 2.84. The van der Waals surface area contributed by atoms with Crippen LogP contribution in [0.2, 0.25) is 0 Å². The van der Waals surface area contributed by atoms with Crippen LogP contribution < -0.4 is 9.60 Å². The first-order valence-corrected chi connectivity index (χ1v) is 4.95. The number of hydrogen-bond donors (Lipinski definition) is 2. The molecule has 3 nitrogen and oxygen atoms in total. The van der Waals surface area contributed by atoms with Gasteiger partial charge in [-0.2, -0.15) is 0 Å². The molecular weight excluding hydrogens is 195 g/mol. The van der Waals surface area contributed by atoms with Crippen LogP contribution in [-0.4, -0.2) is 32.1 Å². The van der Waals surface area contributed by atoms with Crippen molar-refractivity contribution in [2.45, 2.75) is 0 Å². The summed E-state index contributed by atoms with van der Waals surface area (Å²) in [6.45, 7) is 3.36. The molecule has 2 N–H and O–H groups in total. The molecule has 0 atom stereocenters. The fraction of sp³-hybridized carbons (Fsp3) is 0.364. The number of rotatable bonds is 1. The first-order chi connectivity index (χ1) is 6.88. The number of hydrogen-bond acceptors (Lipinski definition) is 2. The first-order valence-electron chi connectivity index (χ1n) is 4.95. The molecule has 1 aromatic rings. The van der Waals surface area contributed by atoms with E-state index >= 15 is 0 Å². The topological polar surface area (TPSA) is 37.5 Å². The standard InChI is InChI=1S/C11H14N2O.FH/c12-11(10-4-2-1-3-5-10)13-6-8-14-9-7-13;/h1-5,12H,6-9H2;1H. The molecule has 15 heavy (non-hydrogen) atoms. The molecule has 1 saturated heterocycles. The van der Waals surface area contributed by atoms with E-state index in [-0.39, 0.29) is 4.70 Å². The van der Waals surface area contributed by atoms with Crippen molar-refractivity contribution in [2.75, 3.05) is 26.3 Å². The van der Waals surface area contributed by atoms with Gasteiger partial charge in [0.2, 0.25) is 5.84 Å².